The zero-order valence-electron chi connectivity index (χ0n) is 10.9. The number of hydrogen-bond donors (Lipinski definition) is 2. The Morgan fingerprint density at radius 3 is 3.11 bits per heavy atom. The summed E-state index contributed by atoms with van der Waals surface area (Å²) in [5, 5.41) is 8.30. The maximum absolute atomic E-state index is 11.0. The van der Waals surface area contributed by atoms with Crippen LogP contribution >= 0.6 is 11.3 Å². The Balaban J connectivity index is 1.79. The molecule has 2 rings (SSSR count). The van der Waals surface area contributed by atoms with E-state index in [0.29, 0.717) is 12.0 Å². The van der Waals surface area contributed by atoms with Crippen LogP contribution in [-0.2, 0) is 16.1 Å². The second kappa shape index (κ2) is 6.31. The number of hydrogen-bond acceptors (Lipinski definition) is 4. The van der Waals surface area contributed by atoms with Crippen LogP contribution in [0, 0.1) is 5.92 Å². The van der Waals surface area contributed by atoms with Crippen molar-refractivity contribution in [1.82, 2.24) is 5.32 Å². The van der Waals surface area contributed by atoms with Crippen molar-refractivity contribution in [2.24, 2.45) is 5.92 Å². The highest BCUT2D eigenvalue weighted by atomic mass is 32.1. The first-order chi connectivity index (χ1) is 8.66. The normalized spacial score (nSPS) is 23.2. The summed E-state index contributed by atoms with van der Waals surface area (Å²) in [7, 11) is 0. The third-order valence-electron chi connectivity index (χ3n) is 3.28. The fourth-order valence-electron chi connectivity index (χ4n) is 2.19. The van der Waals surface area contributed by atoms with Gasteiger partial charge in [0, 0.05) is 31.5 Å². The summed E-state index contributed by atoms with van der Waals surface area (Å²) in [4.78, 5) is 12.2. The number of nitrogens with one attached hydrogen (secondary N) is 2. The Labute approximate surface area is 112 Å². The molecule has 2 atom stereocenters. The van der Waals surface area contributed by atoms with Crippen molar-refractivity contribution >= 4 is 22.9 Å². The van der Waals surface area contributed by atoms with Gasteiger partial charge in [0.25, 0.3) is 0 Å². The summed E-state index contributed by atoms with van der Waals surface area (Å²) >= 11 is 1.67. The molecule has 5 heteroatoms. The molecule has 1 saturated heterocycles. The highest BCUT2D eigenvalue weighted by Gasteiger charge is 2.23. The molecule has 100 valence electrons. The maximum Gasteiger partial charge on any atom is 0.221 e. The van der Waals surface area contributed by atoms with Gasteiger partial charge in [-0.15, -0.1) is 11.3 Å². The first-order valence-electron chi connectivity index (χ1n) is 6.33. The van der Waals surface area contributed by atoms with Gasteiger partial charge in [0.15, 0.2) is 0 Å². The zero-order valence-corrected chi connectivity index (χ0v) is 11.7. The number of ether oxygens (including phenoxy) is 1. The molecule has 2 unspecified atom stereocenters. The average molecular weight is 268 g/mol. The fourth-order valence-corrected chi connectivity index (χ4v) is 2.99. The number of rotatable bonds is 5. The standard InChI is InChI=1S/C13H20N2O2S/c1-9-11(3-5-17-9)7-14-8-13-12(4-6-18-13)15-10(2)16/h4,6,9,11,14H,3,5,7-8H2,1-2H3,(H,15,16). The van der Waals surface area contributed by atoms with E-state index in [1.54, 1.807) is 11.3 Å². The van der Waals surface area contributed by atoms with Crippen molar-refractivity contribution in [3.8, 4) is 0 Å². The molecular formula is C13H20N2O2S. The Hall–Kier alpha value is -0.910. The van der Waals surface area contributed by atoms with Gasteiger partial charge in [0.1, 0.15) is 0 Å². The fraction of sp³-hybridized carbons (Fsp3) is 0.615. The molecular weight excluding hydrogens is 248 g/mol. The van der Waals surface area contributed by atoms with Crippen LogP contribution in [0.1, 0.15) is 25.1 Å². The molecule has 2 heterocycles. The lowest BCUT2D eigenvalue weighted by atomic mass is 10.0. The number of amides is 1. The predicted molar refractivity (Wildman–Crippen MR) is 73.9 cm³/mol. The van der Waals surface area contributed by atoms with E-state index in [9.17, 15) is 4.79 Å². The number of anilines is 1. The zero-order chi connectivity index (χ0) is 13.0. The van der Waals surface area contributed by atoms with E-state index in [1.807, 2.05) is 11.4 Å². The van der Waals surface area contributed by atoms with Crippen molar-refractivity contribution in [2.45, 2.75) is 32.9 Å². The van der Waals surface area contributed by atoms with Crippen molar-refractivity contribution in [1.29, 1.82) is 0 Å². The predicted octanol–water partition coefficient (Wildman–Crippen LogP) is 2.22. The second-order valence-electron chi connectivity index (χ2n) is 4.69. The lowest BCUT2D eigenvalue weighted by Gasteiger charge is -2.14. The molecule has 0 saturated carbocycles. The van der Waals surface area contributed by atoms with E-state index in [4.69, 9.17) is 4.74 Å². The smallest absolute Gasteiger partial charge is 0.221 e. The van der Waals surface area contributed by atoms with Gasteiger partial charge < -0.3 is 15.4 Å². The topological polar surface area (TPSA) is 50.4 Å². The van der Waals surface area contributed by atoms with Crippen molar-refractivity contribution < 1.29 is 9.53 Å². The van der Waals surface area contributed by atoms with Crippen molar-refractivity contribution in [3.63, 3.8) is 0 Å². The molecule has 0 aromatic carbocycles. The van der Waals surface area contributed by atoms with Crippen LogP contribution in [0.15, 0.2) is 11.4 Å². The van der Waals surface area contributed by atoms with Crippen LogP contribution < -0.4 is 10.6 Å². The summed E-state index contributed by atoms with van der Waals surface area (Å²) in [6.45, 7) is 6.32. The van der Waals surface area contributed by atoms with Gasteiger partial charge in [-0.1, -0.05) is 0 Å². The number of thiophene rings is 1. The molecule has 2 N–H and O–H groups in total. The number of carbonyl (C=O) groups excluding carboxylic acids is 1. The Morgan fingerprint density at radius 2 is 2.44 bits per heavy atom. The van der Waals surface area contributed by atoms with Gasteiger partial charge in [-0.3, -0.25) is 4.79 Å². The molecule has 0 radical (unpaired) electrons. The Kier molecular flexibility index (Phi) is 4.74. The molecule has 0 spiro atoms. The summed E-state index contributed by atoms with van der Waals surface area (Å²) in [5.41, 5.74) is 0.927. The molecule has 1 aromatic heterocycles. The minimum absolute atomic E-state index is 0.0209. The Bertz CT molecular complexity index is 405. The first-order valence-corrected chi connectivity index (χ1v) is 7.21. The second-order valence-corrected chi connectivity index (χ2v) is 5.69. The molecule has 0 bridgehead atoms. The van der Waals surface area contributed by atoms with Gasteiger partial charge >= 0.3 is 0 Å². The summed E-state index contributed by atoms with van der Waals surface area (Å²) in [6.07, 6.45) is 1.49. The van der Waals surface area contributed by atoms with Gasteiger partial charge in [0.05, 0.1) is 11.8 Å². The highest BCUT2D eigenvalue weighted by Crippen LogP contribution is 2.23. The maximum atomic E-state index is 11.0. The van der Waals surface area contributed by atoms with Gasteiger partial charge in [-0.2, -0.15) is 0 Å². The molecule has 1 fully saturated rings. The summed E-state index contributed by atoms with van der Waals surface area (Å²) < 4.78 is 5.54. The monoisotopic (exact) mass is 268 g/mol. The van der Waals surface area contributed by atoms with E-state index < -0.39 is 0 Å². The molecule has 1 aliphatic rings. The van der Waals surface area contributed by atoms with E-state index >= 15 is 0 Å². The summed E-state index contributed by atoms with van der Waals surface area (Å²) in [5.74, 6) is 0.585. The van der Waals surface area contributed by atoms with Gasteiger partial charge in [-0.25, -0.2) is 0 Å². The van der Waals surface area contributed by atoms with Crippen LogP contribution in [0.2, 0.25) is 0 Å². The molecule has 4 nitrogen and oxygen atoms in total. The van der Waals surface area contributed by atoms with Crippen LogP contribution in [-0.4, -0.2) is 25.2 Å². The summed E-state index contributed by atoms with van der Waals surface area (Å²) in [6, 6.07) is 1.95. The largest absolute Gasteiger partial charge is 0.378 e. The lowest BCUT2D eigenvalue weighted by molar-refractivity contribution is -0.114. The van der Waals surface area contributed by atoms with E-state index in [0.717, 1.165) is 31.8 Å². The molecule has 1 amide bonds. The van der Waals surface area contributed by atoms with Crippen molar-refractivity contribution in [2.75, 3.05) is 18.5 Å². The molecule has 1 aromatic rings. The number of carbonyl (C=O) groups is 1. The van der Waals surface area contributed by atoms with E-state index in [-0.39, 0.29) is 5.91 Å². The van der Waals surface area contributed by atoms with Crippen LogP contribution in [0.4, 0.5) is 5.69 Å². The molecule has 18 heavy (non-hydrogen) atoms. The average Bonchev–Trinajstić information content (AvgIpc) is 2.89. The van der Waals surface area contributed by atoms with Crippen molar-refractivity contribution in [3.05, 3.63) is 16.3 Å². The minimum atomic E-state index is -0.0209. The third-order valence-corrected chi connectivity index (χ3v) is 4.20. The highest BCUT2D eigenvalue weighted by molar-refractivity contribution is 7.10. The lowest BCUT2D eigenvalue weighted by Crippen LogP contribution is -2.26. The third kappa shape index (κ3) is 3.54. The van der Waals surface area contributed by atoms with E-state index in [2.05, 4.69) is 17.6 Å². The SMILES string of the molecule is CC(=O)Nc1ccsc1CNCC1CCOC1C. The quantitative estimate of drug-likeness (QED) is 0.861. The first kappa shape index (κ1) is 13.5. The van der Waals surface area contributed by atoms with E-state index in [1.165, 1.54) is 11.8 Å². The molecule has 1 aliphatic heterocycles. The van der Waals surface area contributed by atoms with Crippen LogP contribution in [0.5, 0.6) is 0 Å². The van der Waals surface area contributed by atoms with Gasteiger partial charge in [0.2, 0.25) is 5.91 Å². The van der Waals surface area contributed by atoms with Gasteiger partial charge in [-0.05, 0) is 30.7 Å². The minimum Gasteiger partial charge on any atom is -0.378 e. The van der Waals surface area contributed by atoms with Crippen LogP contribution in [0.3, 0.4) is 0 Å². The Morgan fingerprint density at radius 1 is 1.61 bits per heavy atom. The van der Waals surface area contributed by atoms with Crippen LogP contribution in [0.25, 0.3) is 0 Å². The molecule has 0 aliphatic carbocycles.